The summed E-state index contributed by atoms with van der Waals surface area (Å²) in [6.07, 6.45) is -0.824. The van der Waals surface area contributed by atoms with E-state index in [1.165, 1.54) is 12.1 Å². The number of halogens is 1. The summed E-state index contributed by atoms with van der Waals surface area (Å²) >= 11 is 6.38. The number of carbonyl (C=O) groups is 1. The molecule has 4 rings (SSSR count). The molecule has 162 valence electrons. The predicted molar refractivity (Wildman–Crippen MR) is 123 cm³/mol. The summed E-state index contributed by atoms with van der Waals surface area (Å²) in [6.45, 7) is -0.262. The molecule has 4 aromatic rings. The zero-order valence-corrected chi connectivity index (χ0v) is 17.7. The van der Waals surface area contributed by atoms with Crippen LogP contribution in [0, 0.1) is 0 Å². The Morgan fingerprint density at radius 3 is 2.44 bits per heavy atom. The first-order valence-corrected chi connectivity index (χ1v) is 10.3. The van der Waals surface area contributed by atoms with Gasteiger partial charge in [-0.15, -0.1) is 0 Å². The molecule has 0 spiro atoms. The molecule has 0 radical (unpaired) electrons. The number of hydrogen-bond acceptors (Lipinski definition) is 5. The molecule has 1 aromatic heterocycles. The van der Waals surface area contributed by atoms with Gasteiger partial charge in [0, 0.05) is 24.1 Å². The van der Waals surface area contributed by atoms with Gasteiger partial charge in [-0.1, -0.05) is 72.3 Å². The third kappa shape index (κ3) is 4.99. The third-order valence-electron chi connectivity index (χ3n) is 4.92. The van der Waals surface area contributed by atoms with Gasteiger partial charge < -0.3 is 19.6 Å². The highest BCUT2D eigenvalue weighted by molar-refractivity contribution is 6.33. The van der Waals surface area contributed by atoms with Crippen molar-refractivity contribution in [3.63, 3.8) is 0 Å². The smallest absolute Gasteiger partial charge is 0.336 e. The van der Waals surface area contributed by atoms with E-state index in [1.54, 1.807) is 18.2 Å². The lowest BCUT2D eigenvalue weighted by atomic mass is 10.0. The lowest BCUT2D eigenvalue weighted by Crippen LogP contribution is -2.32. The van der Waals surface area contributed by atoms with Crippen molar-refractivity contribution in [3.8, 4) is 16.9 Å². The van der Waals surface area contributed by atoms with Crippen molar-refractivity contribution in [2.75, 3.05) is 13.2 Å². The molecule has 0 bridgehead atoms. The minimum absolute atomic E-state index is 0.0486. The van der Waals surface area contributed by atoms with Gasteiger partial charge in [-0.2, -0.15) is 0 Å². The number of amides is 1. The Hall–Kier alpha value is -3.61. The van der Waals surface area contributed by atoms with E-state index >= 15 is 0 Å². The predicted octanol–water partition coefficient (Wildman–Crippen LogP) is 4.34. The molecule has 3 aromatic carbocycles. The Morgan fingerprint density at radius 2 is 1.72 bits per heavy atom. The summed E-state index contributed by atoms with van der Waals surface area (Å²) in [5.41, 5.74) is 2.05. The molecule has 0 aliphatic heterocycles. The Balaban J connectivity index is 1.47. The van der Waals surface area contributed by atoms with Crippen LogP contribution < -0.4 is 15.7 Å². The molecule has 1 atom stereocenters. The van der Waals surface area contributed by atoms with Crippen molar-refractivity contribution in [2.24, 2.45) is 0 Å². The normalized spacial score (nSPS) is 11.8. The Morgan fingerprint density at radius 1 is 1.03 bits per heavy atom. The molecule has 1 amide bonds. The highest BCUT2D eigenvalue weighted by atomic mass is 35.5. The molecule has 0 aliphatic rings. The van der Waals surface area contributed by atoms with E-state index in [0.29, 0.717) is 22.1 Å². The summed E-state index contributed by atoms with van der Waals surface area (Å²) < 4.78 is 10.9. The molecule has 7 heteroatoms. The van der Waals surface area contributed by atoms with Crippen molar-refractivity contribution in [1.29, 1.82) is 0 Å². The summed E-state index contributed by atoms with van der Waals surface area (Å²) in [7, 11) is 0. The highest BCUT2D eigenvalue weighted by Crippen LogP contribution is 2.34. The van der Waals surface area contributed by atoms with Gasteiger partial charge in [0.15, 0.2) is 6.61 Å². The van der Waals surface area contributed by atoms with Gasteiger partial charge in [-0.25, -0.2) is 4.79 Å². The average Bonchev–Trinajstić information content (AvgIpc) is 2.82. The van der Waals surface area contributed by atoms with Gasteiger partial charge >= 0.3 is 5.63 Å². The van der Waals surface area contributed by atoms with E-state index in [9.17, 15) is 14.7 Å². The number of hydrogen-bond donors (Lipinski definition) is 2. The Bertz CT molecular complexity index is 1290. The standard InChI is InChI=1S/C25H20ClNO5/c26-20-11-19-18(16-7-3-1-4-8-16)12-25(30)32-22(19)13-23(20)31-15-24(29)27-14-21(28)17-9-5-2-6-10-17/h1-13,21,28H,14-15H2,(H,27,29)/t21-/m0/s1. The van der Waals surface area contributed by atoms with Gasteiger partial charge in [0.25, 0.3) is 5.91 Å². The van der Waals surface area contributed by atoms with Crippen LogP contribution in [0.5, 0.6) is 5.75 Å². The first-order valence-electron chi connectivity index (χ1n) is 9.96. The minimum Gasteiger partial charge on any atom is -0.482 e. The SMILES string of the molecule is O=C(COc1cc2oc(=O)cc(-c3ccccc3)c2cc1Cl)NC[C@H](O)c1ccccc1. The third-order valence-corrected chi connectivity index (χ3v) is 5.21. The molecular weight excluding hydrogens is 430 g/mol. The molecule has 0 aliphatic carbocycles. The second kappa shape index (κ2) is 9.68. The number of fused-ring (bicyclic) bond motifs is 1. The van der Waals surface area contributed by atoms with E-state index in [1.807, 2.05) is 48.5 Å². The van der Waals surface area contributed by atoms with Gasteiger partial charge in [-0.05, 0) is 22.8 Å². The fourth-order valence-electron chi connectivity index (χ4n) is 3.33. The van der Waals surface area contributed by atoms with E-state index in [-0.39, 0.29) is 23.9 Å². The van der Waals surface area contributed by atoms with Crippen molar-refractivity contribution in [2.45, 2.75) is 6.10 Å². The maximum Gasteiger partial charge on any atom is 0.336 e. The summed E-state index contributed by atoms with van der Waals surface area (Å²) in [5.74, 6) is -0.207. The number of rotatable bonds is 7. The second-order valence-electron chi connectivity index (χ2n) is 7.14. The van der Waals surface area contributed by atoms with Crippen LogP contribution in [0.3, 0.4) is 0 Å². The summed E-state index contributed by atoms with van der Waals surface area (Å²) in [6, 6.07) is 23.0. The zero-order chi connectivity index (χ0) is 22.5. The molecule has 0 saturated heterocycles. The highest BCUT2D eigenvalue weighted by Gasteiger charge is 2.14. The minimum atomic E-state index is -0.824. The van der Waals surface area contributed by atoms with Crippen molar-refractivity contribution in [1.82, 2.24) is 5.32 Å². The number of nitrogens with one attached hydrogen (secondary N) is 1. The lowest BCUT2D eigenvalue weighted by Gasteiger charge is -2.13. The molecule has 1 heterocycles. The molecule has 0 saturated carbocycles. The van der Waals surface area contributed by atoms with Gasteiger partial charge in [0.05, 0.1) is 11.1 Å². The monoisotopic (exact) mass is 449 g/mol. The number of aliphatic hydroxyl groups is 1. The number of ether oxygens (including phenoxy) is 1. The second-order valence-corrected chi connectivity index (χ2v) is 7.55. The molecule has 32 heavy (non-hydrogen) atoms. The molecule has 0 unspecified atom stereocenters. The van der Waals surface area contributed by atoms with Crippen molar-refractivity contribution in [3.05, 3.63) is 99.9 Å². The van der Waals surface area contributed by atoms with Crippen LogP contribution in [-0.4, -0.2) is 24.2 Å². The molecular formula is C25H20ClNO5. The fraction of sp³-hybridized carbons (Fsp3) is 0.120. The van der Waals surface area contributed by atoms with Crippen LogP contribution in [-0.2, 0) is 4.79 Å². The van der Waals surface area contributed by atoms with Crippen LogP contribution >= 0.6 is 11.6 Å². The maximum atomic E-state index is 12.2. The number of carbonyl (C=O) groups excluding carboxylic acids is 1. The first-order chi connectivity index (χ1) is 15.5. The van der Waals surface area contributed by atoms with E-state index < -0.39 is 17.6 Å². The van der Waals surface area contributed by atoms with Crippen molar-refractivity contribution >= 4 is 28.5 Å². The van der Waals surface area contributed by atoms with Crippen LogP contribution in [0.25, 0.3) is 22.1 Å². The fourth-order valence-corrected chi connectivity index (χ4v) is 3.55. The van der Waals surface area contributed by atoms with Gasteiger partial charge in [0.2, 0.25) is 0 Å². The number of aliphatic hydroxyl groups excluding tert-OH is 1. The topological polar surface area (TPSA) is 88.8 Å². The zero-order valence-electron chi connectivity index (χ0n) is 17.0. The van der Waals surface area contributed by atoms with Crippen LogP contribution in [0.2, 0.25) is 5.02 Å². The Labute approximate surface area is 189 Å². The largest absolute Gasteiger partial charge is 0.482 e. The molecule has 6 nitrogen and oxygen atoms in total. The van der Waals surface area contributed by atoms with E-state index in [2.05, 4.69) is 5.32 Å². The molecule has 0 fully saturated rings. The Kier molecular flexibility index (Phi) is 6.54. The quantitative estimate of drug-likeness (QED) is 0.410. The average molecular weight is 450 g/mol. The van der Waals surface area contributed by atoms with Crippen LogP contribution in [0.1, 0.15) is 11.7 Å². The number of benzene rings is 3. The first kappa shape index (κ1) is 21.6. The van der Waals surface area contributed by atoms with E-state index in [0.717, 1.165) is 5.56 Å². The van der Waals surface area contributed by atoms with Gasteiger partial charge in [0.1, 0.15) is 11.3 Å². The summed E-state index contributed by atoms with van der Waals surface area (Å²) in [4.78, 5) is 24.2. The molecule has 2 N–H and O–H groups in total. The maximum absolute atomic E-state index is 12.2. The van der Waals surface area contributed by atoms with Gasteiger partial charge in [-0.3, -0.25) is 4.79 Å². The van der Waals surface area contributed by atoms with Crippen LogP contribution in [0.4, 0.5) is 0 Å². The van der Waals surface area contributed by atoms with E-state index in [4.69, 9.17) is 20.8 Å². The van der Waals surface area contributed by atoms with Crippen molar-refractivity contribution < 1.29 is 19.1 Å². The summed E-state index contributed by atoms with van der Waals surface area (Å²) in [5, 5.41) is 13.7. The lowest BCUT2D eigenvalue weighted by molar-refractivity contribution is -0.123. The van der Waals surface area contributed by atoms with Crippen LogP contribution in [0.15, 0.2) is 88.1 Å².